The number of thioether (sulfide) groups is 1. The Kier molecular flexibility index (Phi) is 4.74. The zero-order valence-electron chi connectivity index (χ0n) is 12.8. The Hall–Kier alpha value is -1.46. The first kappa shape index (κ1) is 15.4. The molecule has 118 valence electrons. The van der Waals surface area contributed by atoms with Crippen LogP contribution in [0.3, 0.4) is 0 Å². The predicted molar refractivity (Wildman–Crippen MR) is 91.0 cm³/mol. The molecule has 1 aromatic carbocycles. The average molecular weight is 318 g/mol. The van der Waals surface area contributed by atoms with Crippen molar-refractivity contribution < 1.29 is 9.90 Å². The molecule has 2 heterocycles. The maximum absolute atomic E-state index is 12.4. The van der Waals surface area contributed by atoms with Gasteiger partial charge < -0.3 is 15.0 Å². The summed E-state index contributed by atoms with van der Waals surface area (Å²) < 4.78 is 0. The molecule has 1 atom stereocenters. The van der Waals surface area contributed by atoms with E-state index in [1.807, 2.05) is 24.0 Å². The summed E-state index contributed by atoms with van der Waals surface area (Å²) in [7, 11) is 0. The van der Waals surface area contributed by atoms with Crippen LogP contribution in [0.4, 0.5) is 0 Å². The van der Waals surface area contributed by atoms with Crippen LogP contribution >= 0.6 is 11.8 Å². The van der Waals surface area contributed by atoms with Gasteiger partial charge in [0, 0.05) is 48.3 Å². The second kappa shape index (κ2) is 6.75. The Morgan fingerprint density at radius 2 is 2.27 bits per heavy atom. The summed E-state index contributed by atoms with van der Waals surface area (Å²) in [6, 6.07) is 8.29. The summed E-state index contributed by atoms with van der Waals surface area (Å²) in [5.41, 5.74) is 3.70. The second-order valence-electron chi connectivity index (χ2n) is 6.00. The number of H-pyrrole nitrogens is 1. The Morgan fingerprint density at radius 1 is 1.45 bits per heavy atom. The number of carbonyl (C=O) groups excluding carboxylic acids is 1. The highest BCUT2D eigenvalue weighted by Gasteiger charge is 2.23. The van der Waals surface area contributed by atoms with Gasteiger partial charge in [-0.15, -0.1) is 0 Å². The van der Waals surface area contributed by atoms with E-state index in [1.165, 1.54) is 16.6 Å². The minimum absolute atomic E-state index is 0.184. The molecule has 1 amide bonds. The predicted octanol–water partition coefficient (Wildman–Crippen LogP) is 2.41. The largest absolute Gasteiger partial charge is 0.396 e. The van der Waals surface area contributed by atoms with Gasteiger partial charge >= 0.3 is 0 Å². The number of rotatable bonds is 5. The fourth-order valence-corrected chi connectivity index (χ4v) is 3.85. The zero-order chi connectivity index (χ0) is 15.5. The molecule has 1 aliphatic rings. The smallest absolute Gasteiger partial charge is 0.232 e. The van der Waals surface area contributed by atoms with Crippen molar-refractivity contribution in [2.45, 2.75) is 19.9 Å². The molecule has 5 heteroatoms. The molecule has 1 aliphatic heterocycles. The number of hydrogen-bond donors (Lipinski definition) is 2. The molecule has 1 unspecified atom stereocenters. The van der Waals surface area contributed by atoms with Crippen molar-refractivity contribution in [3.63, 3.8) is 0 Å². The number of aliphatic hydroxyl groups excluding tert-OH is 1. The van der Waals surface area contributed by atoms with Crippen LogP contribution in [0.1, 0.15) is 18.2 Å². The Labute approximate surface area is 134 Å². The normalized spacial score (nSPS) is 15.8. The van der Waals surface area contributed by atoms with E-state index >= 15 is 0 Å². The third kappa shape index (κ3) is 3.15. The number of fused-ring (bicyclic) bond motifs is 3. The molecule has 0 saturated carbocycles. The molecular weight excluding hydrogens is 296 g/mol. The highest BCUT2D eigenvalue weighted by molar-refractivity contribution is 7.99. The standard InChI is InChI=1S/C17H22N2O2S/c1-12(9-20)10-22-11-17(21)19-7-6-16-14(8-19)13-4-2-3-5-15(13)18-16/h2-5,12,18,20H,6-11H2,1H3. The quantitative estimate of drug-likeness (QED) is 0.890. The van der Waals surface area contributed by atoms with E-state index < -0.39 is 0 Å². The number of nitrogens with one attached hydrogen (secondary N) is 1. The lowest BCUT2D eigenvalue weighted by atomic mass is 10.0. The van der Waals surface area contributed by atoms with Crippen molar-refractivity contribution in [3.8, 4) is 0 Å². The lowest BCUT2D eigenvalue weighted by Crippen LogP contribution is -2.37. The number of aromatic nitrogens is 1. The number of para-hydroxylation sites is 1. The van der Waals surface area contributed by atoms with Crippen LogP contribution in [0.5, 0.6) is 0 Å². The Bertz CT molecular complexity index is 668. The van der Waals surface area contributed by atoms with Crippen LogP contribution in [-0.2, 0) is 17.8 Å². The van der Waals surface area contributed by atoms with Crippen LogP contribution in [0, 0.1) is 5.92 Å². The fourth-order valence-electron chi connectivity index (χ4n) is 2.87. The van der Waals surface area contributed by atoms with Gasteiger partial charge in [-0.3, -0.25) is 4.79 Å². The molecule has 0 fully saturated rings. The summed E-state index contributed by atoms with van der Waals surface area (Å²) in [6.45, 7) is 3.67. The van der Waals surface area contributed by atoms with Crippen molar-refractivity contribution in [2.75, 3.05) is 24.7 Å². The fraction of sp³-hybridized carbons (Fsp3) is 0.471. The van der Waals surface area contributed by atoms with Crippen molar-refractivity contribution in [2.24, 2.45) is 5.92 Å². The van der Waals surface area contributed by atoms with E-state index in [0.717, 1.165) is 24.2 Å². The van der Waals surface area contributed by atoms with E-state index in [9.17, 15) is 4.79 Å². The minimum Gasteiger partial charge on any atom is -0.396 e. The van der Waals surface area contributed by atoms with E-state index in [2.05, 4.69) is 17.1 Å². The Balaban J connectivity index is 1.65. The number of amides is 1. The summed E-state index contributed by atoms with van der Waals surface area (Å²) in [5.74, 6) is 1.78. The molecule has 2 N–H and O–H groups in total. The summed E-state index contributed by atoms with van der Waals surface area (Å²) in [6.07, 6.45) is 0.896. The van der Waals surface area contributed by atoms with Gasteiger partial charge in [-0.1, -0.05) is 25.1 Å². The number of aliphatic hydroxyl groups is 1. The van der Waals surface area contributed by atoms with Crippen molar-refractivity contribution >= 4 is 28.6 Å². The van der Waals surface area contributed by atoms with Crippen LogP contribution in [-0.4, -0.2) is 45.6 Å². The van der Waals surface area contributed by atoms with E-state index in [0.29, 0.717) is 12.3 Å². The lowest BCUT2D eigenvalue weighted by molar-refractivity contribution is -0.129. The molecular formula is C17H22N2O2S. The average Bonchev–Trinajstić information content (AvgIpc) is 2.92. The van der Waals surface area contributed by atoms with Crippen LogP contribution in [0.2, 0.25) is 0 Å². The first-order valence-electron chi connectivity index (χ1n) is 7.74. The molecule has 4 nitrogen and oxygen atoms in total. The topological polar surface area (TPSA) is 56.3 Å². The van der Waals surface area contributed by atoms with Gasteiger partial charge in [0.15, 0.2) is 0 Å². The monoisotopic (exact) mass is 318 g/mol. The number of carbonyl (C=O) groups is 1. The van der Waals surface area contributed by atoms with Gasteiger partial charge in [0.2, 0.25) is 5.91 Å². The summed E-state index contributed by atoms with van der Waals surface area (Å²) in [5, 5.41) is 10.3. The molecule has 0 bridgehead atoms. The number of nitrogens with zero attached hydrogens (tertiary/aromatic N) is 1. The molecule has 0 saturated heterocycles. The van der Waals surface area contributed by atoms with Gasteiger partial charge in [0.1, 0.15) is 0 Å². The van der Waals surface area contributed by atoms with Crippen molar-refractivity contribution in [3.05, 3.63) is 35.5 Å². The summed E-state index contributed by atoms with van der Waals surface area (Å²) in [4.78, 5) is 17.8. The zero-order valence-corrected chi connectivity index (χ0v) is 13.7. The van der Waals surface area contributed by atoms with E-state index in [1.54, 1.807) is 11.8 Å². The third-order valence-electron chi connectivity index (χ3n) is 4.17. The molecule has 3 rings (SSSR count). The number of hydrogen-bond acceptors (Lipinski definition) is 3. The number of aromatic amines is 1. The van der Waals surface area contributed by atoms with Gasteiger partial charge in [-0.2, -0.15) is 11.8 Å². The van der Waals surface area contributed by atoms with Gasteiger partial charge in [0.25, 0.3) is 0 Å². The first-order chi connectivity index (χ1) is 10.7. The molecule has 22 heavy (non-hydrogen) atoms. The maximum atomic E-state index is 12.4. The van der Waals surface area contributed by atoms with Crippen LogP contribution in [0.15, 0.2) is 24.3 Å². The number of benzene rings is 1. The third-order valence-corrected chi connectivity index (χ3v) is 5.43. The van der Waals surface area contributed by atoms with E-state index in [-0.39, 0.29) is 18.4 Å². The molecule has 0 spiro atoms. The minimum atomic E-state index is 0.184. The Morgan fingerprint density at radius 3 is 3.09 bits per heavy atom. The lowest BCUT2D eigenvalue weighted by Gasteiger charge is -2.27. The van der Waals surface area contributed by atoms with Gasteiger partial charge in [0.05, 0.1) is 5.75 Å². The van der Waals surface area contributed by atoms with Gasteiger partial charge in [-0.05, 0) is 17.7 Å². The second-order valence-corrected chi connectivity index (χ2v) is 7.03. The molecule has 0 aliphatic carbocycles. The maximum Gasteiger partial charge on any atom is 0.232 e. The van der Waals surface area contributed by atoms with Crippen LogP contribution in [0.25, 0.3) is 10.9 Å². The highest BCUT2D eigenvalue weighted by atomic mass is 32.2. The van der Waals surface area contributed by atoms with Crippen molar-refractivity contribution in [1.29, 1.82) is 0 Å². The van der Waals surface area contributed by atoms with E-state index in [4.69, 9.17) is 5.11 Å². The summed E-state index contributed by atoms with van der Waals surface area (Å²) >= 11 is 1.62. The molecule has 1 aromatic heterocycles. The van der Waals surface area contributed by atoms with Crippen LogP contribution < -0.4 is 0 Å². The van der Waals surface area contributed by atoms with Crippen molar-refractivity contribution in [1.82, 2.24) is 9.88 Å². The highest BCUT2D eigenvalue weighted by Crippen LogP contribution is 2.27. The molecule has 0 radical (unpaired) electrons. The molecule has 2 aromatic rings. The SMILES string of the molecule is CC(CO)CSCC(=O)N1CCc2[nH]c3ccccc3c2C1. The first-order valence-corrected chi connectivity index (χ1v) is 8.89. The van der Waals surface area contributed by atoms with Gasteiger partial charge in [-0.25, -0.2) is 0 Å².